The second-order valence-corrected chi connectivity index (χ2v) is 40.4. The predicted molar refractivity (Wildman–Crippen MR) is 391 cm³/mol. The molecule has 0 atom stereocenters. The molecule has 3 saturated carbocycles. The van der Waals surface area contributed by atoms with Gasteiger partial charge in [0.2, 0.25) is 35.0 Å². The molecule has 506 valence electrons. The standard InChI is InChI=1S/C24H23N3O3.C23H21N3O3.C18H17ClN2O2.C6H8BNO3.C3H9ISi/c1-15-11-19(17-4-6-22(29-2)25-14-17)26-21(12-15)27-23(28)24(8-9-24)18-5-3-16-7-10-30-20(16)13-18;1-14-10-18(16-3-5-21(27)24-13-16)25-20(11-14)26-22(28)23(7-8-23)17-4-2-15-6-9-29-19(15)12-17;1-11-8-15(19)20-16(9-11)21-17(22)18(5-6-18)13-3-2-12-4-7-23-14(12)10-13;1-11-6-3-2-5(4-8-6)7(9)10;1-5(2,3)4/h3-6,11-14H,7-10H2,1-2H3,(H,26,27,28);2-5,10-13H,6-9H2,1H3,(H,24,27)(H,25,26,28);2-3,8-10H,4-7H2,1H3,(H,20,21,22);2-4,9-10H,1H3;1-3H3. The van der Waals surface area contributed by atoms with Crippen LogP contribution in [0.15, 0.2) is 151 Å². The highest BCUT2D eigenvalue weighted by atomic mass is 127. The van der Waals surface area contributed by atoms with Gasteiger partial charge in [0.15, 0.2) is 0 Å². The van der Waals surface area contributed by atoms with E-state index in [2.05, 4.69) is 124 Å². The number of carbonyl (C=O) groups is 3. The maximum atomic E-state index is 13.2. The Morgan fingerprint density at radius 2 is 0.929 bits per heavy atom. The number of anilines is 3. The van der Waals surface area contributed by atoms with Gasteiger partial charge < -0.3 is 54.7 Å². The first-order valence-corrected chi connectivity index (χ1v) is 39.5. The van der Waals surface area contributed by atoms with Crippen molar-refractivity contribution in [3.05, 3.63) is 212 Å². The highest BCUT2D eigenvalue weighted by Crippen LogP contribution is 2.53. The fraction of sp³-hybridized carbons (Fsp3) is 0.311. The number of carbonyl (C=O) groups excluding carboxylic acids is 3. The molecule has 3 aliphatic heterocycles. The zero-order chi connectivity index (χ0) is 69.5. The van der Waals surface area contributed by atoms with Crippen LogP contribution in [0.4, 0.5) is 17.5 Å². The number of fused-ring (bicyclic) bond motifs is 3. The lowest BCUT2D eigenvalue weighted by Gasteiger charge is -2.17. The van der Waals surface area contributed by atoms with Gasteiger partial charge in [0, 0.05) is 66.6 Å². The fourth-order valence-corrected chi connectivity index (χ4v) is 12.0. The normalized spacial score (nSPS) is 15.3. The Kier molecular flexibility index (Phi) is 21.5. The smallest absolute Gasteiger partial charge is 0.490 e. The zero-order valence-corrected chi connectivity index (χ0v) is 59.9. The lowest BCUT2D eigenvalue weighted by Crippen LogP contribution is -2.29. The average molecular weight is 1470 g/mol. The number of aromatic nitrogens is 6. The van der Waals surface area contributed by atoms with E-state index in [4.69, 9.17) is 45.3 Å². The highest BCUT2D eigenvalue weighted by molar-refractivity contribution is 14.1. The molecule has 9 aromatic rings. The summed E-state index contributed by atoms with van der Waals surface area (Å²) in [4.78, 5) is 74.6. The van der Waals surface area contributed by atoms with Crippen LogP contribution in [0.3, 0.4) is 0 Å². The van der Waals surface area contributed by atoms with Crippen LogP contribution < -0.4 is 50.7 Å². The molecule has 6 aliphatic rings. The van der Waals surface area contributed by atoms with Gasteiger partial charge in [0.1, 0.15) is 45.4 Å². The van der Waals surface area contributed by atoms with Crippen molar-refractivity contribution in [1.82, 2.24) is 29.9 Å². The minimum absolute atomic E-state index is 0.0163. The van der Waals surface area contributed by atoms with E-state index in [1.165, 1.54) is 42.1 Å². The Bertz CT molecular complexity index is 4440. The van der Waals surface area contributed by atoms with Gasteiger partial charge in [0.25, 0.3) is 0 Å². The van der Waals surface area contributed by atoms with Gasteiger partial charge in [-0.05, 0) is 182 Å². The number of rotatable bonds is 14. The van der Waals surface area contributed by atoms with Crippen molar-refractivity contribution in [2.75, 3.05) is 50.0 Å². The second-order valence-electron chi connectivity index (χ2n) is 26.2. The Morgan fingerprint density at radius 1 is 0.541 bits per heavy atom. The molecule has 3 amide bonds. The van der Waals surface area contributed by atoms with Gasteiger partial charge in [-0.2, -0.15) is 0 Å². The van der Waals surface area contributed by atoms with Crippen LogP contribution in [-0.2, 0) is 49.9 Å². The van der Waals surface area contributed by atoms with E-state index in [1.807, 2.05) is 75.4 Å². The Morgan fingerprint density at radius 3 is 1.28 bits per heavy atom. The van der Waals surface area contributed by atoms with Gasteiger partial charge in [0.05, 0.1) is 61.7 Å². The number of nitrogens with one attached hydrogen (secondary N) is 4. The summed E-state index contributed by atoms with van der Waals surface area (Å²) in [7, 11) is 1.62. The molecule has 15 rings (SSSR count). The van der Waals surface area contributed by atoms with Gasteiger partial charge in [-0.1, -0.05) is 73.7 Å². The topological polar surface area (TPSA) is 271 Å². The molecule has 3 aromatic carbocycles. The number of aromatic amines is 1. The van der Waals surface area contributed by atoms with Crippen LogP contribution >= 0.6 is 33.4 Å². The molecule has 3 aliphatic carbocycles. The number of pyridine rings is 6. The van der Waals surface area contributed by atoms with E-state index in [-0.39, 0.29) is 23.3 Å². The van der Waals surface area contributed by atoms with Crippen molar-refractivity contribution in [3.8, 4) is 51.5 Å². The third-order valence-electron chi connectivity index (χ3n) is 17.5. The number of benzene rings is 3. The summed E-state index contributed by atoms with van der Waals surface area (Å²) in [6.45, 7) is 15.0. The fourth-order valence-electron chi connectivity index (χ4n) is 11.8. The highest BCUT2D eigenvalue weighted by Gasteiger charge is 2.54. The number of H-pyrrole nitrogens is 1. The first-order chi connectivity index (χ1) is 46.9. The van der Waals surface area contributed by atoms with E-state index in [0.717, 1.165) is 132 Å². The van der Waals surface area contributed by atoms with Gasteiger partial charge in [-0.15, -0.1) is 21.8 Å². The SMILES string of the molecule is COc1ccc(-c2cc(C)cc(NC(=O)C3(c4ccc5c(c4)OCC5)CC3)n2)cn1.COc1ccc(B(O)O)cn1.C[Si](C)(C)I.Cc1cc(Cl)nc(NC(=O)C2(c3ccc4c(c3)OCC4)CC2)c1.Cc1cc(NC(=O)C2(c3ccc4c(c3)OCC4)CC2)nc(-c2ccc(=O)[nH]c2)c1. The van der Waals surface area contributed by atoms with Crippen LogP contribution in [0.5, 0.6) is 29.0 Å². The monoisotopic (exact) mass is 1470 g/mol. The minimum Gasteiger partial charge on any atom is -0.493 e. The summed E-state index contributed by atoms with van der Waals surface area (Å²) < 4.78 is 26.9. The Balaban J connectivity index is 0.000000134. The number of nitrogens with zero attached hydrogens (tertiary/aromatic N) is 5. The van der Waals surface area contributed by atoms with Crippen molar-refractivity contribution in [1.29, 1.82) is 0 Å². The number of amides is 3. The van der Waals surface area contributed by atoms with Gasteiger partial charge in [-0.3, -0.25) is 19.2 Å². The molecule has 20 nitrogen and oxygen atoms in total. The van der Waals surface area contributed by atoms with Crippen LogP contribution in [-0.4, -0.2) is 104 Å². The summed E-state index contributed by atoms with van der Waals surface area (Å²) in [5.74, 6) is 5.22. The predicted octanol–water partition coefficient (Wildman–Crippen LogP) is 12.1. The van der Waals surface area contributed by atoms with Crippen molar-refractivity contribution in [2.24, 2.45) is 0 Å². The molecule has 0 radical (unpaired) electrons. The molecule has 0 spiro atoms. The Hall–Kier alpha value is -9.01. The number of hydrogen-bond acceptors (Lipinski definition) is 16. The molecule has 0 bridgehead atoms. The van der Waals surface area contributed by atoms with E-state index in [9.17, 15) is 19.2 Å². The largest absolute Gasteiger partial charge is 0.493 e. The first kappa shape index (κ1) is 70.3. The van der Waals surface area contributed by atoms with Crippen molar-refractivity contribution < 1.29 is 48.1 Å². The first-order valence-electron chi connectivity index (χ1n) is 32.5. The van der Waals surface area contributed by atoms with Crippen molar-refractivity contribution in [2.45, 2.75) is 114 Å². The van der Waals surface area contributed by atoms with Crippen LogP contribution in [0, 0.1) is 20.8 Å². The molecule has 6 N–H and O–H groups in total. The maximum absolute atomic E-state index is 13.2. The van der Waals surface area contributed by atoms with Gasteiger partial charge in [-0.25, -0.2) is 24.9 Å². The molecular weight excluding hydrogens is 1390 g/mol. The number of aryl methyl sites for hydroxylation is 3. The van der Waals surface area contributed by atoms with Crippen molar-refractivity contribution >= 4 is 86.7 Å². The second kappa shape index (κ2) is 30.0. The van der Waals surface area contributed by atoms with E-state index in [1.54, 1.807) is 43.8 Å². The minimum atomic E-state index is -1.46. The summed E-state index contributed by atoms with van der Waals surface area (Å²) in [6.07, 6.45) is 12.5. The average Bonchev–Trinajstić information content (AvgIpc) is 1.61. The molecule has 9 heterocycles. The lowest BCUT2D eigenvalue weighted by atomic mass is 9.82. The van der Waals surface area contributed by atoms with Crippen LogP contribution in [0.25, 0.3) is 22.5 Å². The number of halogens is 2. The maximum Gasteiger partial charge on any atom is 0.490 e. The zero-order valence-electron chi connectivity index (χ0n) is 56.0. The number of methoxy groups -OCH3 is 2. The molecule has 98 heavy (non-hydrogen) atoms. The lowest BCUT2D eigenvalue weighted by molar-refractivity contribution is -0.119. The third-order valence-corrected chi connectivity index (χ3v) is 17.7. The number of hydrogen-bond donors (Lipinski definition) is 6. The van der Waals surface area contributed by atoms with E-state index in [0.29, 0.717) is 58.7 Å². The molecule has 0 saturated heterocycles. The molecular formula is C74H78BClIN9O11Si. The summed E-state index contributed by atoms with van der Waals surface area (Å²) in [5.41, 5.74) is 10.9. The molecule has 6 aromatic heterocycles. The van der Waals surface area contributed by atoms with Crippen LogP contribution in [0.2, 0.25) is 24.8 Å². The van der Waals surface area contributed by atoms with E-state index >= 15 is 0 Å². The van der Waals surface area contributed by atoms with E-state index < -0.39 is 28.9 Å². The van der Waals surface area contributed by atoms with Crippen molar-refractivity contribution in [3.63, 3.8) is 0 Å². The quantitative estimate of drug-likeness (QED) is 0.0256. The summed E-state index contributed by atoms with van der Waals surface area (Å²) in [5, 5.41) is 26.7. The third kappa shape index (κ3) is 17.3. The number of ether oxygens (including phenoxy) is 5. The van der Waals surface area contributed by atoms with Crippen LogP contribution in [0.1, 0.15) is 88.6 Å². The molecule has 0 unspecified atom stereocenters. The summed E-state index contributed by atoms with van der Waals surface area (Å²) >= 11 is 8.48. The molecule has 24 heteroatoms. The molecule has 3 fully saturated rings. The van der Waals surface area contributed by atoms with Gasteiger partial charge >= 0.3 is 7.12 Å². The Labute approximate surface area is 588 Å². The summed E-state index contributed by atoms with van der Waals surface area (Å²) in [6, 6.07) is 39.7.